The summed E-state index contributed by atoms with van der Waals surface area (Å²) in [5, 5.41) is 3.31. The molecule has 2 aromatic rings. The second-order valence-electron chi connectivity index (χ2n) is 6.20. The molecule has 0 spiro atoms. The van der Waals surface area contributed by atoms with Crippen molar-refractivity contribution in [3.05, 3.63) is 58.6 Å². The van der Waals surface area contributed by atoms with Gasteiger partial charge in [0, 0.05) is 16.3 Å². The normalized spacial score (nSPS) is 18.8. The number of rotatable bonds is 3. The van der Waals surface area contributed by atoms with Crippen LogP contribution in [0.3, 0.4) is 0 Å². The van der Waals surface area contributed by atoms with Crippen molar-refractivity contribution in [2.24, 2.45) is 5.92 Å². The summed E-state index contributed by atoms with van der Waals surface area (Å²) < 4.78 is 25.1. The predicted molar refractivity (Wildman–Crippen MR) is 101 cm³/mol. The highest BCUT2D eigenvalue weighted by molar-refractivity contribution is 7.94. The lowest BCUT2D eigenvalue weighted by Gasteiger charge is -2.15. The zero-order chi connectivity index (χ0) is 19.1. The molecule has 0 radical (unpaired) electrons. The topological polar surface area (TPSA) is 83.6 Å². The molecule has 0 aliphatic carbocycles. The molecule has 2 amide bonds. The van der Waals surface area contributed by atoms with Crippen molar-refractivity contribution in [1.82, 2.24) is 0 Å². The van der Waals surface area contributed by atoms with Gasteiger partial charge in [0.1, 0.15) is 0 Å². The third-order valence-corrected chi connectivity index (χ3v) is 6.52. The molecule has 1 saturated heterocycles. The molecule has 1 aliphatic rings. The van der Waals surface area contributed by atoms with Gasteiger partial charge >= 0.3 is 0 Å². The van der Waals surface area contributed by atoms with Crippen molar-refractivity contribution in [3.8, 4) is 0 Å². The molecule has 1 fully saturated rings. The van der Waals surface area contributed by atoms with Crippen molar-refractivity contribution >= 4 is 44.8 Å². The Kier molecular flexibility index (Phi) is 4.77. The minimum absolute atomic E-state index is 0.206. The van der Waals surface area contributed by atoms with Gasteiger partial charge in [0.2, 0.25) is 15.9 Å². The fraction of sp³-hybridized carbons (Fsp3) is 0.222. The molecule has 1 aliphatic heterocycles. The first-order valence-corrected chi connectivity index (χ1v) is 9.93. The molecule has 26 heavy (non-hydrogen) atoms. The zero-order valence-corrected chi connectivity index (χ0v) is 15.8. The molecule has 0 aromatic heterocycles. The Morgan fingerprint density at radius 1 is 1.19 bits per heavy atom. The van der Waals surface area contributed by atoms with Gasteiger partial charge < -0.3 is 5.32 Å². The number of amides is 2. The van der Waals surface area contributed by atoms with Gasteiger partial charge in [-0.3, -0.25) is 9.59 Å². The predicted octanol–water partition coefficient (Wildman–Crippen LogP) is 3.21. The molecule has 1 heterocycles. The number of nitrogens with one attached hydrogen (secondary N) is 1. The number of benzene rings is 2. The lowest BCUT2D eigenvalue weighted by Crippen LogP contribution is -2.30. The summed E-state index contributed by atoms with van der Waals surface area (Å²) >= 11 is 6.04. The van der Waals surface area contributed by atoms with Crippen molar-refractivity contribution in [3.63, 3.8) is 0 Å². The molecule has 8 heteroatoms. The molecule has 0 saturated carbocycles. The molecule has 0 bridgehead atoms. The molecule has 1 N–H and O–H groups in total. The monoisotopic (exact) mass is 392 g/mol. The Labute approximate surface area is 156 Å². The molecule has 6 nitrogen and oxygen atoms in total. The van der Waals surface area contributed by atoms with Gasteiger partial charge in [-0.05, 0) is 48.9 Å². The van der Waals surface area contributed by atoms with Crippen LogP contribution in [0.2, 0.25) is 5.02 Å². The molecule has 136 valence electrons. The van der Waals surface area contributed by atoms with Gasteiger partial charge in [0.25, 0.3) is 5.91 Å². The first-order valence-electron chi connectivity index (χ1n) is 7.94. The molecule has 2 aromatic carbocycles. The Balaban J connectivity index is 1.83. The van der Waals surface area contributed by atoms with Gasteiger partial charge in [-0.15, -0.1) is 0 Å². The zero-order valence-electron chi connectivity index (χ0n) is 14.2. The highest BCUT2D eigenvalue weighted by atomic mass is 35.5. The van der Waals surface area contributed by atoms with E-state index in [1.807, 2.05) is 0 Å². The average molecular weight is 393 g/mol. The first-order chi connectivity index (χ1) is 12.2. The number of carbonyl (C=O) groups is 2. The summed E-state index contributed by atoms with van der Waals surface area (Å²) in [5.74, 6) is -1.60. The lowest BCUT2D eigenvalue weighted by molar-refractivity contribution is -0.119. The highest BCUT2D eigenvalue weighted by Gasteiger charge is 2.41. The molecule has 1 atom stereocenters. The van der Waals surface area contributed by atoms with Crippen molar-refractivity contribution in [2.45, 2.75) is 13.8 Å². The fourth-order valence-electron chi connectivity index (χ4n) is 2.77. The van der Waals surface area contributed by atoms with E-state index in [0.717, 1.165) is 9.87 Å². The Hall–Kier alpha value is -2.38. The maximum atomic E-state index is 12.4. The van der Waals surface area contributed by atoms with E-state index in [0.29, 0.717) is 16.3 Å². The molecular weight excluding hydrogens is 376 g/mol. The number of nitrogens with zero attached hydrogens (tertiary/aromatic N) is 1. The highest BCUT2D eigenvalue weighted by Crippen LogP contribution is 2.29. The third kappa shape index (κ3) is 3.32. The van der Waals surface area contributed by atoms with E-state index in [9.17, 15) is 18.0 Å². The number of hydrogen-bond acceptors (Lipinski definition) is 4. The van der Waals surface area contributed by atoms with E-state index in [1.165, 1.54) is 24.3 Å². The number of sulfonamides is 1. The SMILES string of the molecule is Cc1c(Cl)cccc1NC(=O)c1ccc(N2C(=O)[C@@H](C)CS2(=O)=O)cc1. The summed E-state index contributed by atoms with van der Waals surface area (Å²) in [6.07, 6.45) is 0. The van der Waals surface area contributed by atoms with Crippen LogP contribution in [-0.4, -0.2) is 26.0 Å². The van der Waals surface area contributed by atoms with Crippen LogP contribution in [0.1, 0.15) is 22.8 Å². The quantitative estimate of drug-likeness (QED) is 0.869. The number of anilines is 2. The van der Waals surface area contributed by atoms with E-state index in [4.69, 9.17) is 11.6 Å². The van der Waals surface area contributed by atoms with E-state index in [2.05, 4.69) is 5.32 Å². The van der Waals surface area contributed by atoms with E-state index in [-0.39, 0.29) is 17.3 Å². The van der Waals surface area contributed by atoms with Gasteiger partial charge in [0.15, 0.2) is 0 Å². The van der Waals surface area contributed by atoms with Crippen molar-refractivity contribution in [2.75, 3.05) is 15.4 Å². The van der Waals surface area contributed by atoms with E-state index < -0.39 is 21.8 Å². The van der Waals surface area contributed by atoms with Gasteiger partial charge in [-0.1, -0.05) is 24.6 Å². The van der Waals surface area contributed by atoms with Crippen LogP contribution in [0, 0.1) is 12.8 Å². The minimum atomic E-state index is -3.66. The molecular formula is C18H17ClN2O4S. The van der Waals surface area contributed by atoms with Crippen LogP contribution >= 0.6 is 11.6 Å². The lowest BCUT2D eigenvalue weighted by atomic mass is 10.1. The number of halogens is 1. The Morgan fingerprint density at radius 2 is 1.85 bits per heavy atom. The Morgan fingerprint density at radius 3 is 2.42 bits per heavy atom. The maximum Gasteiger partial charge on any atom is 0.255 e. The van der Waals surface area contributed by atoms with Crippen LogP contribution in [-0.2, 0) is 14.8 Å². The van der Waals surface area contributed by atoms with Crippen molar-refractivity contribution in [1.29, 1.82) is 0 Å². The van der Waals surface area contributed by atoms with Crippen LogP contribution in [0.15, 0.2) is 42.5 Å². The summed E-state index contributed by atoms with van der Waals surface area (Å²) in [6, 6.07) is 11.1. The smallest absolute Gasteiger partial charge is 0.255 e. The Bertz CT molecular complexity index is 987. The second-order valence-corrected chi connectivity index (χ2v) is 8.47. The van der Waals surface area contributed by atoms with Crippen molar-refractivity contribution < 1.29 is 18.0 Å². The standard InChI is InChI=1S/C18H17ClN2O4S/c1-11-10-26(24,25)21(18(11)23)14-8-6-13(7-9-14)17(22)20-16-5-3-4-15(19)12(16)2/h3-9,11H,10H2,1-2H3,(H,20,22)/t11-/m0/s1. The summed E-state index contributed by atoms with van der Waals surface area (Å²) in [4.78, 5) is 24.5. The molecule has 3 rings (SSSR count). The summed E-state index contributed by atoms with van der Waals surface area (Å²) in [6.45, 7) is 3.38. The number of carbonyl (C=O) groups excluding carboxylic acids is 2. The minimum Gasteiger partial charge on any atom is -0.322 e. The first kappa shape index (κ1) is 18.4. The summed E-state index contributed by atoms with van der Waals surface area (Å²) in [7, 11) is -3.66. The van der Waals surface area contributed by atoms with Crippen LogP contribution in [0.4, 0.5) is 11.4 Å². The van der Waals surface area contributed by atoms with Crippen LogP contribution < -0.4 is 9.62 Å². The van der Waals surface area contributed by atoms with Crippen LogP contribution in [0.5, 0.6) is 0 Å². The van der Waals surface area contributed by atoms with Gasteiger partial charge in [-0.2, -0.15) is 0 Å². The maximum absolute atomic E-state index is 12.4. The largest absolute Gasteiger partial charge is 0.322 e. The van der Waals surface area contributed by atoms with Gasteiger partial charge in [-0.25, -0.2) is 12.7 Å². The van der Waals surface area contributed by atoms with Crippen LogP contribution in [0.25, 0.3) is 0 Å². The fourth-order valence-corrected chi connectivity index (χ4v) is 4.77. The third-order valence-electron chi connectivity index (χ3n) is 4.24. The summed E-state index contributed by atoms with van der Waals surface area (Å²) in [5.41, 5.74) is 1.92. The van der Waals surface area contributed by atoms with Gasteiger partial charge in [0.05, 0.1) is 17.4 Å². The van der Waals surface area contributed by atoms with E-state index >= 15 is 0 Å². The number of hydrogen-bond donors (Lipinski definition) is 1. The molecule has 0 unspecified atom stereocenters. The second kappa shape index (κ2) is 6.74. The average Bonchev–Trinajstić information content (AvgIpc) is 2.79. The van der Waals surface area contributed by atoms with E-state index in [1.54, 1.807) is 32.0 Å².